The van der Waals surface area contributed by atoms with Gasteiger partial charge >= 0.3 is 0 Å². The molecule has 22 heavy (non-hydrogen) atoms. The topological polar surface area (TPSA) is 68.3 Å². The summed E-state index contributed by atoms with van der Waals surface area (Å²) in [5, 5.41) is 0. The number of sulfonamides is 1. The van der Waals surface area contributed by atoms with Crippen LogP contribution in [0.1, 0.15) is 19.0 Å². The highest BCUT2D eigenvalue weighted by Crippen LogP contribution is 2.15. The number of benzene rings is 1. The predicted octanol–water partition coefficient (Wildman–Crippen LogP) is 2.39. The van der Waals surface area contributed by atoms with Crippen LogP contribution in [0.3, 0.4) is 0 Å². The van der Waals surface area contributed by atoms with Crippen LogP contribution >= 0.6 is 0 Å². The summed E-state index contributed by atoms with van der Waals surface area (Å²) in [5.74, 6) is 0.664. The molecule has 0 saturated carbocycles. The van der Waals surface area contributed by atoms with Crippen LogP contribution in [-0.4, -0.2) is 26.6 Å². The van der Waals surface area contributed by atoms with E-state index in [0.717, 1.165) is 12.1 Å². The molecule has 0 amide bonds. The molecule has 6 heteroatoms. The zero-order valence-electron chi connectivity index (χ0n) is 12.5. The first kappa shape index (κ1) is 16.5. The summed E-state index contributed by atoms with van der Waals surface area (Å²) in [5.41, 5.74) is 0.961. The maximum Gasteiger partial charge on any atom is 0.240 e. The van der Waals surface area contributed by atoms with Crippen molar-refractivity contribution in [1.82, 2.24) is 9.71 Å². The number of nitrogens with one attached hydrogen (secondary N) is 1. The third-order valence-electron chi connectivity index (χ3n) is 3.07. The van der Waals surface area contributed by atoms with Gasteiger partial charge in [-0.2, -0.15) is 0 Å². The van der Waals surface area contributed by atoms with Gasteiger partial charge in [-0.05, 0) is 56.2 Å². The van der Waals surface area contributed by atoms with E-state index in [1.54, 1.807) is 30.5 Å². The van der Waals surface area contributed by atoms with Crippen molar-refractivity contribution >= 4 is 10.0 Å². The van der Waals surface area contributed by atoms with Crippen LogP contribution in [0.5, 0.6) is 5.75 Å². The van der Waals surface area contributed by atoms with Gasteiger partial charge in [0, 0.05) is 18.4 Å². The molecule has 1 N–H and O–H groups in total. The lowest BCUT2D eigenvalue weighted by molar-refractivity contribution is 0.340. The summed E-state index contributed by atoms with van der Waals surface area (Å²) in [7, 11) is -3.47. The smallest absolute Gasteiger partial charge is 0.240 e. The van der Waals surface area contributed by atoms with Gasteiger partial charge in [0.05, 0.1) is 11.5 Å². The second kappa shape index (κ2) is 7.91. The molecule has 0 radical (unpaired) electrons. The van der Waals surface area contributed by atoms with E-state index >= 15 is 0 Å². The maximum atomic E-state index is 12.1. The number of pyridine rings is 1. The summed E-state index contributed by atoms with van der Waals surface area (Å²) in [6.45, 7) is 2.82. The molecule has 1 aromatic heterocycles. The number of hydrogen-bond donors (Lipinski definition) is 1. The zero-order chi connectivity index (χ0) is 15.8. The van der Waals surface area contributed by atoms with Crippen LogP contribution in [0, 0.1) is 0 Å². The first-order valence-corrected chi connectivity index (χ1v) is 8.72. The monoisotopic (exact) mass is 320 g/mol. The summed E-state index contributed by atoms with van der Waals surface area (Å²) in [6.07, 6.45) is 3.18. The molecule has 1 aromatic carbocycles. The SMILES string of the molecule is CCOc1ccc(S(=O)(=O)NCCCc2ccccn2)cc1. The van der Waals surface area contributed by atoms with E-state index < -0.39 is 10.0 Å². The van der Waals surface area contributed by atoms with E-state index in [1.165, 1.54) is 0 Å². The second-order valence-corrected chi connectivity index (χ2v) is 6.49. The molecule has 0 fully saturated rings. The van der Waals surface area contributed by atoms with Crippen LogP contribution < -0.4 is 9.46 Å². The van der Waals surface area contributed by atoms with Crippen molar-refractivity contribution < 1.29 is 13.2 Å². The van der Waals surface area contributed by atoms with Crippen LogP contribution in [-0.2, 0) is 16.4 Å². The van der Waals surface area contributed by atoms with E-state index in [9.17, 15) is 8.42 Å². The summed E-state index contributed by atoms with van der Waals surface area (Å²) in [6, 6.07) is 12.1. The fraction of sp³-hybridized carbons (Fsp3) is 0.312. The van der Waals surface area contributed by atoms with Gasteiger partial charge in [-0.25, -0.2) is 13.1 Å². The Balaban J connectivity index is 1.85. The van der Waals surface area contributed by atoms with Gasteiger partial charge in [0.1, 0.15) is 5.75 Å². The lowest BCUT2D eigenvalue weighted by Gasteiger charge is -2.08. The van der Waals surface area contributed by atoms with E-state index in [0.29, 0.717) is 25.3 Å². The molecule has 0 bridgehead atoms. The van der Waals surface area contributed by atoms with E-state index in [-0.39, 0.29) is 4.90 Å². The average Bonchev–Trinajstić information content (AvgIpc) is 2.53. The number of rotatable bonds is 8. The van der Waals surface area contributed by atoms with Crippen molar-refractivity contribution in [3.8, 4) is 5.75 Å². The summed E-state index contributed by atoms with van der Waals surface area (Å²) < 4.78 is 32.2. The number of hydrogen-bond acceptors (Lipinski definition) is 4. The van der Waals surface area contributed by atoms with Crippen molar-refractivity contribution in [3.63, 3.8) is 0 Å². The summed E-state index contributed by atoms with van der Waals surface area (Å²) in [4.78, 5) is 4.45. The van der Waals surface area contributed by atoms with Crippen molar-refractivity contribution in [1.29, 1.82) is 0 Å². The molecule has 0 aliphatic heterocycles. The van der Waals surface area contributed by atoms with Crippen LogP contribution in [0.15, 0.2) is 53.6 Å². The van der Waals surface area contributed by atoms with Crippen molar-refractivity contribution in [3.05, 3.63) is 54.4 Å². The van der Waals surface area contributed by atoms with Gasteiger partial charge < -0.3 is 4.74 Å². The highest BCUT2D eigenvalue weighted by atomic mass is 32.2. The highest BCUT2D eigenvalue weighted by molar-refractivity contribution is 7.89. The number of nitrogens with zero attached hydrogens (tertiary/aromatic N) is 1. The largest absolute Gasteiger partial charge is 0.494 e. The van der Waals surface area contributed by atoms with E-state index in [2.05, 4.69) is 9.71 Å². The van der Waals surface area contributed by atoms with Crippen LogP contribution in [0.25, 0.3) is 0 Å². The van der Waals surface area contributed by atoms with Gasteiger partial charge in [0.2, 0.25) is 10.0 Å². The third kappa shape index (κ3) is 4.82. The Hall–Kier alpha value is -1.92. The minimum atomic E-state index is -3.47. The molecule has 0 aliphatic carbocycles. The molecule has 0 aliphatic rings. The van der Waals surface area contributed by atoms with Crippen molar-refractivity contribution in [2.24, 2.45) is 0 Å². The summed E-state index contributed by atoms with van der Waals surface area (Å²) >= 11 is 0. The highest BCUT2D eigenvalue weighted by Gasteiger charge is 2.13. The normalized spacial score (nSPS) is 11.3. The third-order valence-corrected chi connectivity index (χ3v) is 4.55. The Morgan fingerprint density at radius 1 is 1.14 bits per heavy atom. The van der Waals surface area contributed by atoms with Gasteiger partial charge in [-0.3, -0.25) is 4.98 Å². The van der Waals surface area contributed by atoms with Crippen molar-refractivity contribution in [2.75, 3.05) is 13.2 Å². The molecule has 0 atom stereocenters. The van der Waals surface area contributed by atoms with Gasteiger partial charge in [0.25, 0.3) is 0 Å². The molecule has 5 nitrogen and oxygen atoms in total. The van der Waals surface area contributed by atoms with Gasteiger partial charge in [-0.15, -0.1) is 0 Å². The quantitative estimate of drug-likeness (QED) is 0.758. The first-order chi connectivity index (χ1) is 10.6. The molecule has 0 saturated heterocycles. The Morgan fingerprint density at radius 2 is 1.91 bits per heavy atom. The number of ether oxygens (including phenoxy) is 1. The molecular formula is C16H20N2O3S. The minimum Gasteiger partial charge on any atom is -0.494 e. The predicted molar refractivity (Wildman–Crippen MR) is 85.4 cm³/mol. The fourth-order valence-corrected chi connectivity index (χ4v) is 3.06. The van der Waals surface area contributed by atoms with E-state index in [4.69, 9.17) is 4.74 Å². The molecule has 2 rings (SSSR count). The minimum absolute atomic E-state index is 0.244. The zero-order valence-corrected chi connectivity index (χ0v) is 13.3. The Labute approximate surface area is 131 Å². The molecule has 118 valence electrons. The molecule has 0 unspecified atom stereocenters. The number of aryl methyl sites for hydroxylation is 1. The molecular weight excluding hydrogens is 300 g/mol. The standard InChI is InChI=1S/C16H20N2O3S/c1-2-21-15-8-10-16(11-9-15)22(19,20)18-13-5-7-14-6-3-4-12-17-14/h3-4,6,8-12,18H,2,5,7,13H2,1H3. The Bertz CT molecular complexity index is 670. The van der Waals surface area contributed by atoms with Crippen LogP contribution in [0.4, 0.5) is 0 Å². The van der Waals surface area contributed by atoms with Gasteiger partial charge in [0.15, 0.2) is 0 Å². The van der Waals surface area contributed by atoms with Gasteiger partial charge in [-0.1, -0.05) is 6.07 Å². The maximum absolute atomic E-state index is 12.1. The van der Waals surface area contributed by atoms with Crippen molar-refractivity contribution in [2.45, 2.75) is 24.7 Å². The fourth-order valence-electron chi connectivity index (χ4n) is 1.99. The second-order valence-electron chi connectivity index (χ2n) is 4.73. The molecule has 1 heterocycles. The first-order valence-electron chi connectivity index (χ1n) is 7.24. The van der Waals surface area contributed by atoms with E-state index in [1.807, 2.05) is 25.1 Å². The molecule has 2 aromatic rings. The Kier molecular flexibility index (Phi) is 5.91. The molecule has 0 spiro atoms. The number of aromatic nitrogens is 1. The van der Waals surface area contributed by atoms with Crippen LogP contribution in [0.2, 0.25) is 0 Å². The lowest BCUT2D eigenvalue weighted by Crippen LogP contribution is -2.25. The lowest BCUT2D eigenvalue weighted by atomic mass is 10.2. The Morgan fingerprint density at radius 3 is 2.55 bits per heavy atom. The average molecular weight is 320 g/mol.